The van der Waals surface area contributed by atoms with Crippen molar-refractivity contribution in [1.82, 2.24) is 14.9 Å². The highest BCUT2D eigenvalue weighted by Crippen LogP contribution is 2.31. The Morgan fingerprint density at radius 1 is 1.12 bits per heavy atom. The average molecular weight is 341 g/mol. The molecule has 0 unspecified atom stereocenters. The minimum atomic E-state index is 0.296. The van der Waals surface area contributed by atoms with Gasteiger partial charge < -0.3 is 20.3 Å². The maximum absolute atomic E-state index is 6.00. The maximum Gasteiger partial charge on any atom is 0.222 e. The summed E-state index contributed by atoms with van der Waals surface area (Å²) in [4.78, 5) is 13.5. The molecule has 2 heterocycles. The zero-order valence-electron chi connectivity index (χ0n) is 15.3. The first-order valence-electron chi connectivity index (χ1n) is 8.83. The Morgan fingerprint density at radius 3 is 2.56 bits per heavy atom. The Balaban J connectivity index is 1.90. The van der Waals surface area contributed by atoms with Gasteiger partial charge in [-0.25, -0.2) is 4.98 Å². The monoisotopic (exact) mass is 341 g/mol. The molecular formula is C19H27N5O. The first-order valence-corrected chi connectivity index (χ1v) is 8.83. The number of nitrogen functional groups attached to an aromatic ring is 1. The third-order valence-corrected chi connectivity index (χ3v) is 4.29. The quantitative estimate of drug-likeness (QED) is 0.901. The largest absolute Gasteiger partial charge is 0.493 e. The van der Waals surface area contributed by atoms with E-state index in [1.165, 1.54) is 0 Å². The summed E-state index contributed by atoms with van der Waals surface area (Å²) < 4.78 is 5.97. The van der Waals surface area contributed by atoms with Gasteiger partial charge in [0.1, 0.15) is 11.6 Å². The number of ether oxygens (including phenoxy) is 1. The molecule has 0 spiro atoms. The van der Waals surface area contributed by atoms with Gasteiger partial charge in [-0.05, 0) is 25.1 Å². The van der Waals surface area contributed by atoms with E-state index < -0.39 is 0 Å². The highest BCUT2D eigenvalue weighted by atomic mass is 16.5. The van der Waals surface area contributed by atoms with Gasteiger partial charge in [0.2, 0.25) is 5.95 Å². The van der Waals surface area contributed by atoms with E-state index in [9.17, 15) is 0 Å². The number of aromatic nitrogens is 2. The Hall–Kier alpha value is -2.34. The van der Waals surface area contributed by atoms with Gasteiger partial charge in [0, 0.05) is 37.8 Å². The van der Waals surface area contributed by atoms with Gasteiger partial charge in [-0.1, -0.05) is 26.0 Å². The summed E-state index contributed by atoms with van der Waals surface area (Å²) in [6.45, 7) is 8.87. The van der Waals surface area contributed by atoms with Gasteiger partial charge >= 0.3 is 0 Å². The molecule has 1 aliphatic rings. The van der Waals surface area contributed by atoms with Crippen LogP contribution < -0.4 is 15.4 Å². The number of nitrogens with two attached hydrogens (primary N) is 1. The van der Waals surface area contributed by atoms with E-state index >= 15 is 0 Å². The van der Waals surface area contributed by atoms with Crippen LogP contribution in [0.5, 0.6) is 5.75 Å². The van der Waals surface area contributed by atoms with Crippen LogP contribution in [0.4, 0.5) is 11.8 Å². The molecule has 2 aromatic rings. The Labute approximate surface area is 149 Å². The standard InChI is InChI=1S/C19H27N5O/c1-14(2)13-25-17-7-5-4-6-15(17)16-12-18(22-19(20)21-16)24-10-8-23(3)9-11-24/h4-7,12,14H,8-11,13H2,1-3H3,(H2,20,21,22). The van der Waals surface area contributed by atoms with E-state index in [1.807, 2.05) is 30.3 Å². The van der Waals surface area contributed by atoms with Crippen LogP contribution in [0.25, 0.3) is 11.3 Å². The summed E-state index contributed by atoms with van der Waals surface area (Å²) in [5, 5.41) is 0. The van der Waals surface area contributed by atoms with Crippen LogP contribution in [-0.2, 0) is 0 Å². The molecule has 25 heavy (non-hydrogen) atoms. The second-order valence-electron chi connectivity index (χ2n) is 6.96. The smallest absolute Gasteiger partial charge is 0.222 e. The average Bonchev–Trinajstić information content (AvgIpc) is 2.60. The number of anilines is 2. The van der Waals surface area contributed by atoms with Crippen LogP contribution in [0.15, 0.2) is 30.3 Å². The number of likely N-dealkylation sites (N-methyl/N-ethyl adjacent to an activating group) is 1. The number of piperazine rings is 1. The number of rotatable bonds is 5. The van der Waals surface area contributed by atoms with Crippen molar-refractivity contribution < 1.29 is 4.74 Å². The Kier molecular flexibility index (Phi) is 5.38. The van der Waals surface area contributed by atoms with Gasteiger partial charge in [0.05, 0.1) is 12.3 Å². The van der Waals surface area contributed by atoms with Gasteiger partial charge in [0.25, 0.3) is 0 Å². The van der Waals surface area contributed by atoms with Crippen molar-refractivity contribution in [2.45, 2.75) is 13.8 Å². The lowest BCUT2D eigenvalue weighted by Crippen LogP contribution is -2.44. The van der Waals surface area contributed by atoms with Crippen molar-refractivity contribution in [3.8, 4) is 17.0 Å². The van der Waals surface area contributed by atoms with Gasteiger partial charge in [0.15, 0.2) is 0 Å². The van der Waals surface area contributed by atoms with E-state index in [0.29, 0.717) is 18.5 Å². The zero-order valence-corrected chi connectivity index (χ0v) is 15.3. The number of hydrogen-bond donors (Lipinski definition) is 1. The molecule has 1 saturated heterocycles. The van der Waals surface area contributed by atoms with E-state index in [-0.39, 0.29) is 0 Å². The topological polar surface area (TPSA) is 67.5 Å². The normalized spacial score (nSPS) is 15.6. The molecular weight excluding hydrogens is 314 g/mol. The number of nitrogens with zero attached hydrogens (tertiary/aromatic N) is 4. The SMILES string of the molecule is CC(C)COc1ccccc1-c1cc(N2CCN(C)CC2)nc(N)n1. The lowest BCUT2D eigenvalue weighted by Gasteiger charge is -2.33. The molecule has 0 bridgehead atoms. The molecule has 1 aromatic carbocycles. The third-order valence-electron chi connectivity index (χ3n) is 4.29. The summed E-state index contributed by atoms with van der Waals surface area (Å²) in [5.41, 5.74) is 7.76. The van der Waals surface area contributed by atoms with Crippen molar-refractivity contribution in [2.75, 3.05) is 50.5 Å². The minimum absolute atomic E-state index is 0.296. The molecule has 6 heteroatoms. The molecule has 6 nitrogen and oxygen atoms in total. The lowest BCUT2D eigenvalue weighted by atomic mass is 10.1. The predicted molar refractivity (Wildman–Crippen MR) is 102 cm³/mol. The van der Waals surface area contributed by atoms with Crippen molar-refractivity contribution in [1.29, 1.82) is 0 Å². The number of para-hydroxylation sites is 1. The van der Waals surface area contributed by atoms with E-state index in [2.05, 4.69) is 40.7 Å². The fourth-order valence-electron chi connectivity index (χ4n) is 2.85. The molecule has 134 valence electrons. The Bertz CT molecular complexity index is 711. The van der Waals surface area contributed by atoms with Crippen molar-refractivity contribution in [2.24, 2.45) is 5.92 Å². The summed E-state index contributed by atoms with van der Waals surface area (Å²) in [5.74, 6) is 2.47. The number of benzene rings is 1. The van der Waals surface area contributed by atoms with Crippen LogP contribution >= 0.6 is 0 Å². The fraction of sp³-hybridized carbons (Fsp3) is 0.474. The second kappa shape index (κ2) is 7.70. The van der Waals surface area contributed by atoms with Crippen LogP contribution in [0.1, 0.15) is 13.8 Å². The van der Waals surface area contributed by atoms with Crippen LogP contribution in [0, 0.1) is 5.92 Å². The Morgan fingerprint density at radius 2 is 1.84 bits per heavy atom. The maximum atomic E-state index is 6.00. The molecule has 0 radical (unpaired) electrons. The minimum Gasteiger partial charge on any atom is -0.493 e. The van der Waals surface area contributed by atoms with Crippen LogP contribution in [0.3, 0.4) is 0 Å². The molecule has 3 rings (SSSR count). The van der Waals surface area contributed by atoms with Crippen LogP contribution in [-0.4, -0.2) is 54.7 Å². The molecule has 1 aliphatic heterocycles. The van der Waals surface area contributed by atoms with Crippen molar-refractivity contribution in [3.05, 3.63) is 30.3 Å². The van der Waals surface area contributed by atoms with Gasteiger partial charge in [-0.3, -0.25) is 0 Å². The molecule has 1 fully saturated rings. The summed E-state index contributed by atoms with van der Waals surface area (Å²) in [7, 11) is 2.14. The first-order chi connectivity index (χ1) is 12.0. The zero-order chi connectivity index (χ0) is 17.8. The van der Waals surface area contributed by atoms with Crippen molar-refractivity contribution >= 4 is 11.8 Å². The van der Waals surface area contributed by atoms with E-state index in [0.717, 1.165) is 49.0 Å². The van der Waals surface area contributed by atoms with E-state index in [1.54, 1.807) is 0 Å². The van der Waals surface area contributed by atoms with Gasteiger partial charge in [-0.2, -0.15) is 4.98 Å². The lowest BCUT2D eigenvalue weighted by molar-refractivity contribution is 0.272. The predicted octanol–water partition coefficient (Wildman–Crippen LogP) is 2.51. The molecule has 0 atom stereocenters. The number of hydrogen-bond acceptors (Lipinski definition) is 6. The summed E-state index contributed by atoms with van der Waals surface area (Å²) >= 11 is 0. The molecule has 0 aliphatic carbocycles. The van der Waals surface area contributed by atoms with Crippen LogP contribution in [0.2, 0.25) is 0 Å². The third kappa shape index (κ3) is 4.39. The highest BCUT2D eigenvalue weighted by molar-refractivity contribution is 5.70. The molecule has 0 amide bonds. The molecule has 1 aromatic heterocycles. The van der Waals surface area contributed by atoms with Gasteiger partial charge in [-0.15, -0.1) is 0 Å². The molecule has 2 N–H and O–H groups in total. The first kappa shape index (κ1) is 17.5. The summed E-state index contributed by atoms with van der Waals surface area (Å²) in [6.07, 6.45) is 0. The molecule has 0 saturated carbocycles. The fourth-order valence-corrected chi connectivity index (χ4v) is 2.85. The van der Waals surface area contributed by atoms with E-state index in [4.69, 9.17) is 10.5 Å². The highest BCUT2D eigenvalue weighted by Gasteiger charge is 2.18. The second-order valence-corrected chi connectivity index (χ2v) is 6.96. The summed E-state index contributed by atoms with van der Waals surface area (Å²) in [6, 6.07) is 9.98. The van der Waals surface area contributed by atoms with Crippen molar-refractivity contribution in [3.63, 3.8) is 0 Å².